The number of fused-ring (bicyclic) bond motifs is 5. The molecule has 1 heterocycles. The van der Waals surface area contributed by atoms with E-state index in [2.05, 4.69) is 35.2 Å². The zero-order valence-electron chi connectivity index (χ0n) is 11.7. The lowest BCUT2D eigenvalue weighted by Crippen LogP contribution is -2.39. The van der Waals surface area contributed by atoms with Gasteiger partial charge in [-0.2, -0.15) is 0 Å². The minimum atomic E-state index is -0.480. The van der Waals surface area contributed by atoms with Crippen molar-refractivity contribution in [1.82, 2.24) is 4.90 Å². The first-order chi connectivity index (χ1) is 9.72. The highest BCUT2D eigenvalue weighted by molar-refractivity contribution is 5.15. The zero-order valence-corrected chi connectivity index (χ0v) is 11.7. The van der Waals surface area contributed by atoms with E-state index < -0.39 is 12.2 Å². The maximum Gasteiger partial charge on any atom is 0.0833 e. The average Bonchev–Trinajstić information content (AvgIpc) is 2.88. The van der Waals surface area contributed by atoms with Crippen LogP contribution in [0, 0.1) is 23.7 Å². The molecule has 1 aromatic carbocycles. The second-order valence-corrected chi connectivity index (χ2v) is 6.97. The summed E-state index contributed by atoms with van der Waals surface area (Å²) in [4.78, 5) is 2.55. The average molecular weight is 273 g/mol. The minimum Gasteiger partial charge on any atom is -0.390 e. The summed E-state index contributed by atoms with van der Waals surface area (Å²) in [6.45, 7) is 3.23. The lowest BCUT2D eigenvalue weighted by molar-refractivity contribution is 0.000575. The summed E-state index contributed by atoms with van der Waals surface area (Å²) in [5.41, 5.74) is 1.37. The van der Waals surface area contributed by atoms with Gasteiger partial charge in [0.15, 0.2) is 0 Å². The first-order valence-electron chi connectivity index (χ1n) is 7.85. The second-order valence-electron chi connectivity index (χ2n) is 6.97. The van der Waals surface area contributed by atoms with Crippen molar-refractivity contribution in [1.29, 1.82) is 0 Å². The molecule has 0 amide bonds. The van der Waals surface area contributed by atoms with Crippen molar-refractivity contribution in [3.05, 3.63) is 35.9 Å². The third-order valence-electron chi connectivity index (χ3n) is 5.79. The van der Waals surface area contributed by atoms with Gasteiger partial charge in [-0.3, -0.25) is 4.90 Å². The molecule has 3 nitrogen and oxygen atoms in total. The lowest BCUT2D eigenvalue weighted by atomic mass is 9.90. The third-order valence-corrected chi connectivity index (χ3v) is 5.79. The quantitative estimate of drug-likeness (QED) is 0.858. The molecule has 2 saturated carbocycles. The molecule has 1 saturated heterocycles. The molecule has 2 aliphatic carbocycles. The molecule has 0 spiro atoms. The van der Waals surface area contributed by atoms with Crippen LogP contribution in [-0.2, 0) is 6.54 Å². The van der Waals surface area contributed by atoms with E-state index in [1.165, 1.54) is 12.0 Å². The van der Waals surface area contributed by atoms with Crippen molar-refractivity contribution < 1.29 is 10.2 Å². The first-order valence-corrected chi connectivity index (χ1v) is 7.85. The number of benzene rings is 1. The molecule has 108 valence electrons. The Balaban J connectivity index is 1.48. The van der Waals surface area contributed by atoms with Gasteiger partial charge in [-0.25, -0.2) is 0 Å². The fourth-order valence-electron chi connectivity index (χ4n) is 5.06. The van der Waals surface area contributed by atoms with Gasteiger partial charge < -0.3 is 10.2 Å². The van der Waals surface area contributed by atoms with Crippen molar-refractivity contribution in [3.8, 4) is 0 Å². The number of aliphatic hydroxyl groups excluding tert-OH is 2. The van der Waals surface area contributed by atoms with Crippen molar-refractivity contribution >= 4 is 0 Å². The normalized spacial score (nSPS) is 43.7. The van der Waals surface area contributed by atoms with Crippen molar-refractivity contribution in [3.63, 3.8) is 0 Å². The van der Waals surface area contributed by atoms with Crippen molar-refractivity contribution in [2.24, 2.45) is 23.7 Å². The molecule has 2 bridgehead atoms. The van der Waals surface area contributed by atoms with Gasteiger partial charge in [-0.05, 0) is 42.1 Å². The Hall–Kier alpha value is -0.900. The third kappa shape index (κ3) is 2.00. The summed E-state index contributed by atoms with van der Waals surface area (Å²) in [7, 11) is 0. The van der Waals surface area contributed by atoms with Gasteiger partial charge in [0.1, 0.15) is 0 Å². The van der Waals surface area contributed by atoms with E-state index in [4.69, 9.17) is 0 Å². The zero-order chi connectivity index (χ0) is 13.7. The highest BCUT2D eigenvalue weighted by atomic mass is 16.3. The largest absolute Gasteiger partial charge is 0.390 e. The van der Waals surface area contributed by atoms with Crippen LogP contribution < -0.4 is 0 Å². The van der Waals surface area contributed by atoms with Gasteiger partial charge in [0.05, 0.1) is 12.2 Å². The Kier molecular flexibility index (Phi) is 3.09. The fourth-order valence-corrected chi connectivity index (χ4v) is 5.06. The molecule has 3 fully saturated rings. The molecule has 0 aromatic heterocycles. The highest BCUT2D eigenvalue weighted by Crippen LogP contribution is 2.53. The molecule has 20 heavy (non-hydrogen) atoms. The molecule has 4 rings (SSSR count). The number of rotatable bonds is 2. The summed E-state index contributed by atoms with van der Waals surface area (Å²) >= 11 is 0. The molecule has 0 unspecified atom stereocenters. The molecular formula is C17H23NO2. The number of piperidine rings is 1. The van der Waals surface area contributed by atoms with E-state index in [0.717, 1.165) is 26.1 Å². The Labute approximate surface area is 120 Å². The molecule has 2 N–H and O–H groups in total. The Morgan fingerprint density at radius 1 is 1.00 bits per heavy atom. The van der Waals surface area contributed by atoms with Crippen LogP contribution in [-0.4, -0.2) is 40.4 Å². The van der Waals surface area contributed by atoms with Crippen LogP contribution in [0.5, 0.6) is 0 Å². The highest BCUT2D eigenvalue weighted by Gasteiger charge is 2.55. The number of hydrogen-bond acceptors (Lipinski definition) is 3. The summed E-state index contributed by atoms with van der Waals surface area (Å²) in [5.74, 6) is 2.14. The summed E-state index contributed by atoms with van der Waals surface area (Å²) < 4.78 is 0. The summed E-state index contributed by atoms with van der Waals surface area (Å²) in [6, 6.07) is 10.6. The molecule has 3 heteroatoms. The Bertz CT molecular complexity index is 477. The minimum absolute atomic E-state index is 0.343. The molecule has 1 aliphatic heterocycles. The molecule has 1 aromatic rings. The van der Waals surface area contributed by atoms with Crippen molar-refractivity contribution in [2.75, 3.05) is 13.1 Å². The number of aliphatic hydroxyl groups is 2. The van der Waals surface area contributed by atoms with E-state index in [1.807, 2.05) is 0 Å². The molecular weight excluding hydrogens is 250 g/mol. The maximum atomic E-state index is 10.2. The number of nitrogens with zero attached hydrogens (tertiary/aromatic N) is 1. The number of likely N-dealkylation sites (tertiary alicyclic amines) is 1. The van der Waals surface area contributed by atoms with Crippen LogP contribution in [0.1, 0.15) is 18.4 Å². The van der Waals surface area contributed by atoms with Crippen LogP contribution in [0.4, 0.5) is 0 Å². The Morgan fingerprint density at radius 3 is 2.55 bits per heavy atom. The van der Waals surface area contributed by atoms with Crippen molar-refractivity contribution in [2.45, 2.75) is 31.6 Å². The molecule has 0 radical (unpaired) electrons. The van der Waals surface area contributed by atoms with Crippen LogP contribution in [0.3, 0.4) is 0 Å². The fraction of sp³-hybridized carbons (Fsp3) is 0.647. The summed E-state index contributed by atoms with van der Waals surface area (Å²) in [6.07, 6.45) is 1.11. The van der Waals surface area contributed by atoms with Gasteiger partial charge in [0, 0.05) is 19.6 Å². The van der Waals surface area contributed by atoms with Crippen LogP contribution >= 0.6 is 0 Å². The first kappa shape index (κ1) is 12.8. The SMILES string of the molecule is O[C@H]1[C@H]2[C@H]3C[C@@H](CN(Cc4ccccc4)C3)[C@H]2C[C@H]1O. The van der Waals surface area contributed by atoms with Crippen LogP contribution in [0.2, 0.25) is 0 Å². The molecule has 3 aliphatic rings. The van der Waals surface area contributed by atoms with E-state index >= 15 is 0 Å². The lowest BCUT2D eigenvalue weighted by Gasteiger charge is -2.34. The standard InChI is InChI=1S/C17H23NO2/c19-15-7-14-12-6-13(16(14)17(15)20)10-18(9-12)8-11-4-2-1-3-5-11/h1-5,12-17,19-20H,6-10H2/t12-,13-,14+,15+,16-,17+/m0/s1. The maximum absolute atomic E-state index is 10.2. The van der Waals surface area contributed by atoms with Gasteiger partial charge in [0.2, 0.25) is 0 Å². The predicted molar refractivity (Wildman–Crippen MR) is 76.9 cm³/mol. The van der Waals surface area contributed by atoms with E-state index in [0.29, 0.717) is 23.7 Å². The molecule has 6 atom stereocenters. The number of hydrogen-bond donors (Lipinski definition) is 2. The smallest absolute Gasteiger partial charge is 0.0833 e. The van der Waals surface area contributed by atoms with E-state index in [1.54, 1.807) is 0 Å². The van der Waals surface area contributed by atoms with Gasteiger partial charge >= 0.3 is 0 Å². The Morgan fingerprint density at radius 2 is 1.75 bits per heavy atom. The van der Waals surface area contributed by atoms with Gasteiger partial charge in [-0.15, -0.1) is 0 Å². The van der Waals surface area contributed by atoms with E-state index in [-0.39, 0.29) is 0 Å². The second kappa shape index (κ2) is 4.83. The summed E-state index contributed by atoms with van der Waals surface area (Å²) in [5, 5.41) is 20.1. The topological polar surface area (TPSA) is 43.7 Å². The van der Waals surface area contributed by atoms with E-state index in [9.17, 15) is 10.2 Å². The van der Waals surface area contributed by atoms with Crippen LogP contribution in [0.15, 0.2) is 30.3 Å². The monoisotopic (exact) mass is 273 g/mol. The van der Waals surface area contributed by atoms with Gasteiger partial charge in [-0.1, -0.05) is 30.3 Å². The predicted octanol–water partition coefficient (Wildman–Crippen LogP) is 1.50. The van der Waals surface area contributed by atoms with Gasteiger partial charge in [0.25, 0.3) is 0 Å². The van der Waals surface area contributed by atoms with Crippen LogP contribution in [0.25, 0.3) is 0 Å².